The van der Waals surface area contributed by atoms with Crippen molar-refractivity contribution in [3.63, 3.8) is 0 Å². The first-order chi connectivity index (χ1) is 4.86. The van der Waals surface area contributed by atoms with E-state index in [1.807, 2.05) is 0 Å². The fraction of sp³-hybridized carbons (Fsp3) is 0.200. The van der Waals surface area contributed by atoms with Gasteiger partial charge < -0.3 is 15.6 Å². The van der Waals surface area contributed by atoms with Gasteiger partial charge in [-0.2, -0.15) is 0 Å². The van der Waals surface area contributed by atoms with Gasteiger partial charge in [0.25, 0.3) is 0 Å². The van der Waals surface area contributed by atoms with Gasteiger partial charge in [0.2, 0.25) is 0 Å². The minimum absolute atomic E-state index is 0.509. The van der Waals surface area contributed by atoms with Gasteiger partial charge in [-0.05, 0) is 12.2 Å². The maximum atomic E-state index is 4.82. The summed E-state index contributed by atoms with van der Waals surface area (Å²) in [6.45, 7) is 0.742. The molecule has 0 saturated heterocycles. The zero-order chi connectivity index (χ0) is 6.97. The number of hydrogen-bond donors (Lipinski definition) is 3. The van der Waals surface area contributed by atoms with Crippen molar-refractivity contribution in [1.82, 2.24) is 9.97 Å². The highest BCUT2D eigenvalue weighted by Crippen LogP contribution is 2.20. The average molecular weight is 154 g/mol. The summed E-state index contributed by atoms with van der Waals surface area (Å²) in [5.41, 5.74) is 0.980. The van der Waals surface area contributed by atoms with Gasteiger partial charge in [0.15, 0.2) is 4.77 Å². The normalized spacial score (nSPS) is 13.6. The van der Waals surface area contributed by atoms with Gasteiger partial charge in [0, 0.05) is 0 Å². The Kier molecular flexibility index (Phi) is 1.10. The molecule has 0 unspecified atom stereocenters. The summed E-state index contributed by atoms with van der Waals surface area (Å²) in [7, 11) is 0. The Morgan fingerprint density at radius 3 is 3.30 bits per heavy atom. The van der Waals surface area contributed by atoms with Crippen LogP contribution in [-0.4, -0.2) is 16.6 Å². The molecule has 0 bridgehead atoms. The fourth-order valence-electron chi connectivity index (χ4n) is 0.896. The zero-order valence-electron chi connectivity index (χ0n) is 5.14. The van der Waals surface area contributed by atoms with Crippen molar-refractivity contribution >= 4 is 23.7 Å². The second-order valence-electron chi connectivity index (χ2n) is 2.01. The Morgan fingerprint density at radius 1 is 1.50 bits per heavy atom. The maximum Gasteiger partial charge on any atom is 0.198 e. The first-order valence-corrected chi connectivity index (χ1v) is 3.34. The van der Waals surface area contributed by atoms with Crippen molar-refractivity contribution in [2.24, 2.45) is 0 Å². The SMILES string of the molecule is S=c1ncc2c([nH]1)NCN2. The number of fused-ring (bicyclic) bond motifs is 1. The van der Waals surface area contributed by atoms with Crippen LogP contribution in [0.15, 0.2) is 6.20 Å². The Balaban J connectivity index is 2.63. The van der Waals surface area contributed by atoms with E-state index >= 15 is 0 Å². The van der Waals surface area contributed by atoms with Crippen molar-refractivity contribution < 1.29 is 0 Å². The molecule has 1 aromatic heterocycles. The minimum atomic E-state index is 0.509. The van der Waals surface area contributed by atoms with E-state index in [2.05, 4.69) is 20.6 Å². The Hall–Kier alpha value is -1.10. The van der Waals surface area contributed by atoms with Gasteiger partial charge >= 0.3 is 0 Å². The Bertz CT molecular complexity index is 305. The first-order valence-electron chi connectivity index (χ1n) is 2.93. The summed E-state index contributed by atoms with van der Waals surface area (Å²) in [6, 6.07) is 0. The summed E-state index contributed by atoms with van der Waals surface area (Å²) >= 11 is 4.82. The van der Waals surface area contributed by atoms with Crippen LogP contribution in [0.3, 0.4) is 0 Å². The molecule has 0 fully saturated rings. The van der Waals surface area contributed by atoms with Crippen LogP contribution in [0.2, 0.25) is 0 Å². The third-order valence-corrected chi connectivity index (χ3v) is 1.56. The van der Waals surface area contributed by atoms with E-state index in [0.717, 1.165) is 18.2 Å². The topological polar surface area (TPSA) is 52.7 Å². The molecule has 4 nitrogen and oxygen atoms in total. The molecular weight excluding hydrogens is 148 g/mol. The highest BCUT2D eigenvalue weighted by atomic mass is 32.1. The van der Waals surface area contributed by atoms with Crippen LogP contribution < -0.4 is 10.6 Å². The van der Waals surface area contributed by atoms with Gasteiger partial charge in [-0.3, -0.25) is 0 Å². The van der Waals surface area contributed by atoms with Crippen LogP contribution >= 0.6 is 12.2 Å². The predicted octanol–water partition coefficient (Wildman–Crippen LogP) is 0.934. The number of hydrogen-bond acceptors (Lipinski definition) is 4. The molecule has 0 atom stereocenters. The minimum Gasteiger partial charge on any atom is -0.364 e. The summed E-state index contributed by atoms with van der Waals surface area (Å²) in [5.74, 6) is 0.931. The maximum absolute atomic E-state index is 4.82. The van der Waals surface area contributed by atoms with E-state index in [9.17, 15) is 0 Å². The molecule has 2 rings (SSSR count). The number of aromatic amines is 1. The lowest BCUT2D eigenvalue weighted by Crippen LogP contribution is -1.99. The van der Waals surface area contributed by atoms with Crippen LogP contribution in [0.1, 0.15) is 0 Å². The summed E-state index contributed by atoms with van der Waals surface area (Å²) in [6.07, 6.45) is 1.72. The van der Waals surface area contributed by atoms with Crippen LogP contribution in [0.4, 0.5) is 11.5 Å². The highest BCUT2D eigenvalue weighted by Gasteiger charge is 2.07. The van der Waals surface area contributed by atoms with Crippen LogP contribution in [-0.2, 0) is 0 Å². The monoisotopic (exact) mass is 154 g/mol. The molecule has 0 saturated carbocycles. The molecule has 52 valence electrons. The van der Waals surface area contributed by atoms with E-state index < -0.39 is 0 Å². The smallest absolute Gasteiger partial charge is 0.198 e. The van der Waals surface area contributed by atoms with Crippen LogP contribution in [0, 0.1) is 4.77 Å². The van der Waals surface area contributed by atoms with E-state index in [-0.39, 0.29) is 0 Å². The molecule has 1 aliphatic rings. The van der Waals surface area contributed by atoms with E-state index in [4.69, 9.17) is 12.2 Å². The third kappa shape index (κ3) is 0.750. The molecule has 10 heavy (non-hydrogen) atoms. The highest BCUT2D eigenvalue weighted by molar-refractivity contribution is 7.71. The zero-order valence-corrected chi connectivity index (χ0v) is 5.96. The summed E-state index contributed by atoms with van der Waals surface area (Å²) in [4.78, 5) is 6.83. The Morgan fingerprint density at radius 2 is 2.40 bits per heavy atom. The molecule has 0 amide bonds. The molecule has 0 radical (unpaired) electrons. The van der Waals surface area contributed by atoms with Gasteiger partial charge in [0.1, 0.15) is 5.82 Å². The lowest BCUT2D eigenvalue weighted by Gasteiger charge is -1.94. The van der Waals surface area contributed by atoms with Crippen molar-refractivity contribution in [2.75, 3.05) is 17.3 Å². The van der Waals surface area contributed by atoms with Crippen molar-refractivity contribution in [1.29, 1.82) is 0 Å². The summed E-state index contributed by atoms with van der Waals surface area (Å²) < 4.78 is 0.509. The van der Waals surface area contributed by atoms with Gasteiger partial charge in [0.05, 0.1) is 18.6 Å². The molecule has 1 aromatic rings. The molecule has 2 heterocycles. The van der Waals surface area contributed by atoms with E-state index in [0.29, 0.717) is 4.77 Å². The second-order valence-corrected chi connectivity index (χ2v) is 2.39. The van der Waals surface area contributed by atoms with E-state index in [1.54, 1.807) is 6.20 Å². The molecule has 0 aromatic carbocycles. The second kappa shape index (κ2) is 1.95. The number of H-pyrrole nitrogens is 1. The third-order valence-electron chi connectivity index (χ3n) is 1.36. The van der Waals surface area contributed by atoms with Crippen molar-refractivity contribution in [3.8, 4) is 0 Å². The quantitative estimate of drug-likeness (QED) is 0.487. The average Bonchev–Trinajstić information content (AvgIpc) is 2.33. The number of anilines is 2. The first kappa shape index (κ1) is 5.67. The fourth-order valence-corrected chi connectivity index (χ4v) is 1.05. The molecule has 3 N–H and O–H groups in total. The number of aromatic nitrogens is 2. The Labute approximate surface area is 62.7 Å². The lowest BCUT2D eigenvalue weighted by atomic mass is 10.5. The molecule has 0 spiro atoms. The van der Waals surface area contributed by atoms with Crippen LogP contribution in [0.25, 0.3) is 0 Å². The van der Waals surface area contributed by atoms with Crippen molar-refractivity contribution in [3.05, 3.63) is 11.0 Å². The van der Waals surface area contributed by atoms with Gasteiger partial charge in [-0.25, -0.2) is 4.98 Å². The van der Waals surface area contributed by atoms with Gasteiger partial charge in [-0.15, -0.1) is 0 Å². The standard InChI is InChI=1S/C5H6N4S/c10-5-6-1-3-4(9-5)8-2-7-3/h1,7H,2H2,(H2,6,8,9,10). The van der Waals surface area contributed by atoms with E-state index in [1.165, 1.54) is 0 Å². The summed E-state index contributed by atoms with van der Waals surface area (Å²) in [5, 5.41) is 6.14. The van der Waals surface area contributed by atoms with Gasteiger partial charge in [-0.1, -0.05) is 0 Å². The van der Waals surface area contributed by atoms with Crippen LogP contribution in [0.5, 0.6) is 0 Å². The lowest BCUT2D eigenvalue weighted by molar-refractivity contribution is 1.15. The number of nitrogens with zero attached hydrogens (tertiary/aromatic N) is 1. The number of nitrogens with one attached hydrogen (secondary N) is 3. The molecular formula is C5H6N4S. The largest absolute Gasteiger partial charge is 0.364 e. The molecule has 5 heteroatoms. The number of rotatable bonds is 0. The van der Waals surface area contributed by atoms with Crippen molar-refractivity contribution in [2.45, 2.75) is 0 Å². The predicted molar refractivity (Wildman–Crippen MR) is 41.5 cm³/mol. The molecule has 0 aliphatic carbocycles. The molecule has 1 aliphatic heterocycles.